The number of ketones is 1. The molecule has 1 heterocycles. The fraction of sp³-hybridized carbons (Fsp3) is 0.182. The van der Waals surface area contributed by atoms with Crippen molar-refractivity contribution < 1.29 is 4.79 Å². The van der Waals surface area contributed by atoms with Gasteiger partial charge in [-0.1, -0.05) is 18.7 Å². The third kappa shape index (κ3) is 1.54. The zero-order valence-corrected chi connectivity index (χ0v) is 8.06. The van der Waals surface area contributed by atoms with E-state index in [1.165, 1.54) is 0 Å². The van der Waals surface area contributed by atoms with Crippen LogP contribution in [-0.4, -0.2) is 11.5 Å². The van der Waals surface area contributed by atoms with Gasteiger partial charge in [0, 0.05) is 22.6 Å². The summed E-state index contributed by atoms with van der Waals surface area (Å²) >= 11 is 1.76. The van der Waals surface area contributed by atoms with Gasteiger partial charge in [-0.25, -0.2) is 0 Å². The Morgan fingerprint density at radius 2 is 2.31 bits per heavy atom. The lowest BCUT2D eigenvalue weighted by molar-refractivity contribution is 0.0985. The van der Waals surface area contributed by atoms with Crippen LogP contribution in [0.1, 0.15) is 22.3 Å². The Hall–Kier alpha value is -1.02. The van der Waals surface area contributed by atoms with Gasteiger partial charge in [0.25, 0.3) is 0 Å². The van der Waals surface area contributed by atoms with Crippen LogP contribution in [0.5, 0.6) is 0 Å². The van der Waals surface area contributed by atoms with Crippen LogP contribution in [-0.2, 0) is 0 Å². The average Bonchev–Trinajstić information content (AvgIpc) is 2.18. The van der Waals surface area contributed by atoms with E-state index in [1.807, 2.05) is 18.2 Å². The minimum atomic E-state index is 0.262. The van der Waals surface area contributed by atoms with Gasteiger partial charge in [-0.15, -0.1) is 11.8 Å². The highest BCUT2D eigenvalue weighted by Gasteiger charge is 2.16. The van der Waals surface area contributed by atoms with Gasteiger partial charge in [-0.2, -0.15) is 0 Å². The van der Waals surface area contributed by atoms with Crippen LogP contribution in [0, 0.1) is 0 Å². The molecule has 13 heavy (non-hydrogen) atoms. The molecule has 0 radical (unpaired) electrons. The van der Waals surface area contributed by atoms with Gasteiger partial charge >= 0.3 is 0 Å². The number of carbonyl (C=O) groups is 1. The lowest BCUT2D eigenvalue weighted by Crippen LogP contribution is -2.07. The Morgan fingerprint density at radius 3 is 3.08 bits per heavy atom. The molecule has 0 amide bonds. The van der Waals surface area contributed by atoms with Gasteiger partial charge < -0.3 is 0 Å². The predicted molar refractivity (Wildman–Crippen MR) is 56.2 cm³/mol. The SMILES string of the molecule is C=Cc1ccc2c(c1)C(=O)CCS2. The largest absolute Gasteiger partial charge is 0.294 e. The van der Waals surface area contributed by atoms with Gasteiger partial charge in [0.1, 0.15) is 0 Å². The van der Waals surface area contributed by atoms with Crippen LogP contribution >= 0.6 is 11.8 Å². The van der Waals surface area contributed by atoms with Crippen LogP contribution in [0.15, 0.2) is 29.7 Å². The standard InChI is InChI=1S/C11H10OS/c1-2-8-3-4-11-9(7-8)10(12)5-6-13-11/h2-4,7H,1,5-6H2. The monoisotopic (exact) mass is 190 g/mol. The molecule has 0 atom stereocenters. The molecule has 0 spiro atoms. The van der Waals surface area contributed by atoms with E-state index in [0.29, 0.717) is 6.42 Å². The van der Waals surface area contributed by atoms with E-state index >= 15 is 0 Å². The molecule has 1 aromatic carbocycles. The molecule has 2 rings (SSSR count). The second kappa shape index (κ2) is 3.38. The number of Topliss-reactive ketones (excluding diaryl/α,β-unsaturated/α-hetero) is 1. The first-order chi connectivity index (χ1) is 6.31. The molecule has 0 aliphatic carbocycles. The van der Waals surface area contributed by atoms with E-state index in [0.717, 1.165) is 21.8 Å². The van der Waals surface area contributed by atoms with E-state index < -0.39 is 0 Å². The van der Waals surface area contributed by atoms with Gasteiger partial charge in [0.2, 0.25) is 0 Å². The smallest absolute Gasteiger partial charge is 0.164 e. The lowest BCUT2D eigenvalue weighted by Gasteiger charge is -2.13. The lowest BCUT2D eigenvalue weighted by atomic mass is 10.1. The van der Waals surface area contributed by atoms with E-state index in [-0.39, 0.29) is 5.78 Å². The average molecular weight is 190 g/mol. The predicted octanol–water partition coefficient (Wildman–Crippen LogP) is 3.01. The van der Waals surface area contributed by atoms with Gasteiger partial charge in [0.05, 0.1) is 0 Å². The number of rotatable bonds is 1. The molecule has 0 unspecified atom stereocenters. The van der Waals surface area contributed by atoms with Crippen LogP contribution in [0.25, 0.3) is 6.08 Å². The number of hydrogen-bond donors (Lipinski definition) is 0. The quantitative estimate of drug-likeness (QED) is 0.677. The zero-order valence-electron chi connectivity index (χ0n) is 7.25. The first-order valence-electron chi connectivity index (χ1n) is 4.24. The van der Waals surface area contributed by atoms with E-state index in [2.05, 4.69) is 6.58 Å². The Kier molecular flexibility index (Phi) is 2.23. The normalized spacial score (nSPS) is 15.2. The Balaban J connectivity index is 2.53. The highest BCUT2D eigenvalue weighted by Crippen LogP contribution is 2.30. The summed E-state index contributed by atoms with van der Waals surface area (Å²) in [5.41, 5.74) is 1.89. The maximum absolute atomic E-state index is 11.5. The van der Waals surface area contributed by atoms with E-state index in [1.54, 1.807) is 17.8 Å². The molecule has 1 aliphatic heterocycles. The van der Waals surface area contributed by atoms with Crippen molar-refractivity contribution in [1.29, 1.82) is 0 Å². The van der Waals surface area contributed by atoms with Crippen molar-refractivity contribution in [3.8, 4) is 0 Å². The van der Waals surface area contributed by atoms with Crippen molar-refractivity contribution in [2.24, 2.45) is 0 Å². The molecule has 0 aromatic heterocycles. The molecule has 0 bridgehead atoms. The van der Waals surface area contributed by atoms with E-state index in [4.69, 9.17) is 0 Å². The van der Waals surface area contributed by atoms with Crippen molar-refractivity contribution in [3.63, 3.8) is 0 Å². The summed E-state index contributed by atoms with van der Waals surface area (Å²) in [4.78, 5) is 12.6. The Bertz CT molecular complexity index is 368. The highest BCUT2D eigenvalue weighted by molar-refractivity contribution is 7.99. The van der Waals surface area contributed by atoms with Crippen LogP contribution in [0.4, 0.5) is 0 Å². The number of benzene rings is 1. The molecule has 0 saturated heterocycles. The molecular formula is C11H10OS. The first-order valence-corrected chi connectivity index (χ1v) is 5.22. The summed E-state index contributed by atoms with van der Waals surface area (Å²) in [6.45, 7) is 3.69. The minimum absolute atomic E-state index is 0.262. The summed E-state index contributed by atoms with van der Waals surface area (Å²) in [6.07, 6.45) is 2.44. The van der Waals surface area contributed by atoms with Crippen LogP contribution in [0.3, 0.4) is 0 Å². The Morgan fingerprint density at radius 1 is 1.46 bits per heavy atom. The summed E-state index contributed by atoms with van der Waals surface area (Å²) < 4.78 is 0. The minimum Gasteiger partial charge on any atom is -0.294 e. The topological polar surface area (TPSA) is 17.1 Å². The summed E-state index contributed by atoms with van der Waals surface area (Å²) in [5, 5.41) is 0. The molecule has 1 aliphatic rings. The van der Waals surface area contributed by atoms with E-state index in [9.17, 15) is 4.79 Å². The van der Waals surface area contributed by atoms with Gasteiger partial charge in [-0.05, 0) is 17.7 Å². The molecule has 0 saturated carbocycles. The number of hydrogen-bond acceptors (Lipinski definition) is 2. The third-order valence-electron chi connectivity index (χ3n) is 2.13. The second-order valence-corrected chi connectivity index (χ2v) is 4.12. The van der Waals surface area contributed by atoms with Crippen molar-refractivity contribution in [2.45, 2.75) is 11.3 Å². The second-order valence-electron chi connectivity index (χ2n) is 2.98. The van der Waals surface area contributed by atoms with Crippen LogP contribution in [0.2, 0.25) is 0 Å². The zero-order chi connectivity index (χ0) is 9.26. The molecule has 0 fully saturated rings. The third-order valence-corrected chi connectivity index (χ3v) is 3.20. The molecule has 2 heteroatoms. The van der Waals surface area contributed by atoms with Crippen LogP contribution < -0.4 is 0 Å². The Labute approximate surface area is 81.8 Å². The van der Waals surface area contributed by atoms with Crippen molar-refractivity contribution in [1.82, 2.24) is 0 Å². The molecule has 0 N–H and O–H groups in total. The van der Waals surface area contributed by atoms with Crippen molar-refractivity contribution in [2.75, 3.05) is 5.75 Å². The van der Waals surface area contributed by atoms with Crippen molar-refractivity contribution >= 4 is 23.6 Å². The van der Waals surface area contributed by atoms with Gasteiger partial charge in [0.15, 0.2) is 5.78 Å². The number of carbonyl (C=O) groups excluding carboxylic acids is 1. The fourth-order valence-corrected chi connectivity index (χ4v) is 2.41. The maximum atomic E-state index is 11.5. The summed E-state index contributed by atoms with van der Waals surface area (Å²) in [7, 11) is 0. The molecular weight excluding hydrogens is 180 g/mol. The number of fused-ring (bicyclic) bond motifs is 1. The number of thioether (sulfide) groups is 1. The molecule has 66 valence electrons. The fourth-order valence-electron chi connectivity index (χ4n) is 1.41. The van der Waals surface area contributed by atoms with Crippen molar-refractivity contribution in [3.05, 3.63) is 35.9 Å². The first kappa shape index (κ1) is 8.57. The molecule has 1 nitrogen and oxygen atoms in total. The van der Waals surface area contributed by atoms with Gasteiger partial charge in [-0.3, -0.25) is 4.79 Å². The summed E-state index contributed by atoms with van der Waals surface area (Å²) in [6, 6.07) is 5.93. The summed E-state index contributed by atoms with van der Waals surface area (Å²) in [5.74, 6) is 1.18. The molecule has 1 aromatic rings. The highest BCUT2D eigenvalue weighted by atomic mass is 32.2. The maximum Gasteiger partial charge on any atom is 0.164 e.